The first-order valence-electron chi connectivity index (χ1n) is 14.0. The van der Waals surface area contributed by atoms with Gasteiger partial charge in [-0.3, -0.25) is 4.79 Å². The molecule has 0 saturated heterocycles. The van der Waals surface area contributed by atoms with E-state index >= 15 is 0 Å². The minimum Gasteiger partial charge on any atom is -0.297 e. The molecular weight excluding hydrogens is 425 g/mol. The highest BCUT2D eigenvalue weighted by Gasteiger charge is 2.58. The van der Waals surface area contributed by atoms with E-state index in [9.17, 15) is 9.18 Å². The smallest absolute Gasteiger partial charge is 0.159 e. The van der Waals surface area contributed by atoms with Gasteiger partial charge < -0.3 is 0 Å². The first kappa shape index (κ1) is 23.9. The van der Waals surface area contributed by atoms with Gasteiger partial charge in [-0.05, 0) is 104 Å². The molecule has 4 nitrogen and oxygen atoms in total. The number of carbonyl (C=O) groups excluding carboxylic acids is 1. The predicted molar refractivity (Wildman–Crippen MR) is 134 cm³/mol. The van der Waals surface area contributed by atoms with Crippen LogP contribution in [0.3, 0.4) is 0 Å². The second kappa shape index (κ2) is 9.35. The Kier molecular flexibility index (Phi) is 6.58. The number of hydrogen-bond donors (Lipinski definition) is 0. The molecule has 8 atom stereocenters. The van der Waals surface area contributed by atoms with Crippen LogP contribution in [0.1, 0.15) is 85.5 Å². The number of carbonyl (C=O) groups is 1. The van der Waals surface area contributed by atoms with Gasteiger partial charge in [0.15, 0.2) is 5.78 Å². The highest BCUT2D eigenvalue weighted by molar-refractivity contribution is 5.82. The van der Waals surface area contributed by atoms with Crippen molar-refractivity contribution in [2.24, 2.45) is 46.8 Å². The molecule has 1 heterocycles. The number of rotatable bonds is 3. The molecule has 0 aliphatic heterocycles. The van der Waals surface area contributed by atoms with E-state index in [0.29, 0.717) is 17.0 Å². The van der Waals surface area contributed by atoms with Gasteiger partial charge in [-0.1, -0.05) is 34.1 Å². The van der Waals surface area contributed by atoms with Crippen LogP contribution in [0, 0.1) is 52.7 Å². The number of hydrogen-bond acceptors (Lipinski definition) is 3. The Hall–Kier alpha value is -1.78. The summed E-state index contributed by atoms with van der Waals surface area (Å²) in [7, 11) is 0. The fourth-order valence-corrected chi connectivity index (χ4v) is 8.87. The van der Waals surface area contributed by atoms with Crippen molar-refractivity contribution < 1.29 is 9.18 Å². The van der Waals surface area contributed by atoms with Crippen LogP contribution in [0.25, 0.3) is 11.0 Å². The summed E-state index contributed by atoms with van der Waals surface area (Å²) >= 11 is 0. The largest absolute Gasteiger partial charge is 0.297 e. The summed E-state index contributed by atoms with van der Waals surface area (Å²) in [4.78, 5) is 15.0. The average molecular weight is 468 g/mol. The Morgan fingerprint density at radius 1 is 1.00 bits per heavy atom. The van der Waals surface area contributed by atoms with Gasteiger partial charge in [0.2, 0.25) is 0 Å². The lowest BCUT2D eigenvalue weighted by atomic mass is 9.49. The van der Waals surface area contributed by atoms with Crippen molar-refractivity contribution in [3.63, 3.8) is 0 Å². The molecule has 0 N–H and O–H groups in total. The minimum absolute atomic E-state index is 0.114. The van der Waals surface area contributed by atoms with Crippen molar-refractivity contribution >= 4 is 16.8 Å². The molecule has 1 aromatic heterocycles. The number of Topliss-reactive ketones (excluding diaryl/α,β-unsaturated/α-hetero) is 1. The summed E-state index contributed by atoms with van der Waals surface area (Å²) in [5.74, 6) is 5.33. The Bertz CT molecular complexity index is 1030. The van der Waals surface area contributed by atoms with Crippen LogP contribution in [0.15, 0.2) is 18.2 Å². The van der Waals surface area contributed by atoms with E-state index in [0.717, 1.165) is 36.0 Å². The van der Waals surface area contributed by atoms with E-state index in [2.05, 4.69) is 24.0 Å². The van der Waals surface area contributed by atoms with Crippen LogP contribution in [-0.2, 0) is 11.3 Å². The van der Waals surface area contributed by atoms with Crippen LogP contribution in [0.4, 0.5) is 4.39 Å². The fourth-order valence-electron chi connectivity index (χ4n) is 8.87. The lowest BCUT2D eigenvalue weighted by molar-refractivity contribution is -0.131. The second-order valence-corrected chi connectivity index (χ2v) is 11.9. The zero-order chi connectivity index (χ0) is 24.0. The van der Waals surface area contributed by atoms with Crippen molar-refractivity contribution in [1.82, 2.24) is 15.0 Å². The van der Waals surface area contributed by atoms with Crippen LogP contribution in [-0.4, -0.2) is 20.8 Å². The summed E-state index contributed by atoms with van der Waals surface area (Å²) < 4.78 is 13.5. The van der Waals surface area contributed by atoms with E-state index in [1.807, 2.05) is 13.8 Å². The SMILES string of the molecule is CC.CC1CCC2C(CCC3C2CCC2(C)C(C(=O)Cn4nc5ccc(F)cc5n4)CCC32)C1. The maximum absolute atomic E-state index is 13.5. The molecule has 0 bridgehead atoms. The molecule has 4 aliphatic carbocycles. The van der Waals surface area contributed by atoms with Crippen LogP contribution in [0.5, 0.6) is 0 Å². The third kappa shape index (κ3) is 4.01. The first-order valence-corrected chi connectivity index (χ1v) is 14.0. The number of halogens is 1. The van der Waals surface area contributed by atoms with Gasteiger partial charge in [-0.2, -0.15) is 15.0 Å². The van der Waals surface area contributed by atoms with Gasteiger partial charge in [-0.25, -0.2) is 4.39 Å². The van der Waals surface area contributed by atoms with Gasteiger partial charge in [-0.15, -0.1) is 0 Å². The van der Waals surface area contributed by atoms with E-state index in [1.165, 1.54) is 68.3 Å². The highest BCUT2D eigenvalue weighted by Crippen LogP contribution is 2.64. The maximum Gasteiger partial charge on any atom is 0.159 e. The van der Waals surface area contributed by atoms with E-state index < -0.39 is 0 Å². The second-order valence-electron chi connectivity index (χ2n) is 11.9. The molecule has 8 unspecified atom stereocenters. The van der Waals surface area contributed by atoms with E-state index in [4.69, 9.17) is 0 Å². The molecule has 1 aromatic carbocycles. The zero-order valence-electron chi connectivity index (χ0n) is 21.5. The molecule has 0 spiro atoms. The molecule has 4 saturated carbocycles. The van der Waals surface area contributed by atoms with Crippen molar-refractivity contribution in [1.29, 1.82) is 0 Å². The highest BCUT2D eigenvalue weighted by atomic mass is 19.1. The van der Waals surface area contributed by atoms with Crippen molar-refractivity contribution in [2.75, 3.05) is 0 Å². The van der Waals surface area contributed by atoms with Gasteiger partial charge in [0.1, 0.15) is 23.4 Å². The average Bonchev–Trinajstić information content (AvgIpc) is 3.39. The Morgan fingerprint density at radius 3 is 2.59 bits per heavy atom. The van der Waals surface area contributed by atoms with Gasteiger partial charge >= 0.3 is 0 Å². The number of ketones is 1. The predicted octanol–water partition coefficient (Wildman–Crippen LogP) is 7.07. The molecule has 34 heavy (non-hydrogen) atoms. The molecule has 186 valence electrons. The fraction of sp³-hybridized carbons (Fsp3) is 0.759. The first-order chi connectivity index (χ1) is 16.4. The number of aromatic nitrogens is 3. The van der Waals surface area contributed by atoms with Crippen LogP contribution >= 0.6 is 0 Å². The molecule has 2 aromatic rings. The quantitative estimate of drug-likeness (QED) is 0.485. The minimum atomic E-state index is -0.319. The van der Waals surface area contributed by atoms with Crippen LogP contribution < -0.4 is 0 Å². The number of fused-ring (bicyclic) bond motifs is 6. The number of nitrogens with zero attached hydrogens (tertiary/aromatic N) is 3. The molecule has 6 rings (SSSR count). The molecule has 0 amide bonds. The molecule has 0 radical (unpaired) electrons. The van der Waals surface area contributed by atoms with E-state index in [-0.39, 0.29) is 29.5 Å². The summed E-state index contributed by atoms with van der Waals surface area (Å²) in [6.45, 7) is 9.07. The summed E-state index contributed by atoms with van der Waals surface area (Å²) in [5.41, 5.74) is 1.30. The van der Waals surface area contributed by atoms with E-state index in [1.54, 1.807) is 6.07 Å². The standard InChI is InChI=1S/C27H36FN3O.C2H6/c1-16-3-6-19-17(13-16)4-7-21-20(19)11-12-27(2)22(21)8-9-23(27)26(32)15-31-29-24-10-5-18(28)14-25(24)30-31;1-2/h5,10,14,16-17,19-23H,3-4,6-9,11-13,15H2,1-2H3;1-2H3. The summed E-state index contributed by atoms with van der Waals surface area (Å²) in [5, 5.41) is 8.80. The summed E-state index contributed by atoms with van der Waals surface area (Å²) in [6.07, 6.45) is 11.9. The number of benzene rings is 1. The molecular formula is C29H42FN3O. The Morgan fingerprint density at radius 2 is 1.76 bits per heavy atom. The molecule has 4 aliphatic rings. The lowest BCUT2D eigenvalue weighted by Gasteiger charge is -2.56. The van der Waals surface area contributed by atoms with Gasteiger partial charge in [0.05, 0.1) is 0 Å². The van der Waals surface area contributed by atoms with Crippen molar-refractivity contribution in [3.05, 3.63) is 24.0 Å². The maximum atomic E-state index is 13.5. The van der Waals surface area contributed by atoms with Gasteiger partial charge in [0, 0.05) is 12.0 Å². The third-order valence-corrected chi connectivity index (χ3v) is 10.3. The van der Waals surface area contributed by atoms with Crippen molar-refractivity contribution in [3.8, 4) is 0 Å². The zero-order valence-corrected chi connectivity index (χ0v) is 21.5. The molecule has 5 heteroatoms. The third-order valence-electron chi connectivity index (χ3n) is 10.3. The topological polar surface area (TPSA) is 47.8 Å². The summed E-state index contributed by atoms with van der Waals surface area (Å²) in [6, 6.07) is 4.42. The lowest BCUT2D eigenvalue weighted by Crippen LogP contribution is -2.49. The van der Waals surface area contributed by atoms with Crippen molar-refractivity contribution in [2.45, 2.75) is 92.0 Å². The Balaban J connectivity index is 0.00000117. The monoisotopic (exact) mass is 467 g/mol. The molecule has 4 fully saturated rings. The Labute approximate surface area is 204 Å². The van der Waals surface area contributed by atoms with Gasteiger partial charge in [0.25, 0.3) is 0 Å². The van der Waals surface area contributed by atoms with Crippen LogP contribution in [0.2, 0.25) is 0 Å². The normalized spacial score (nSPS) is 38.9.